The number of rotatable bonds is 6. The van der Waals surface area contributed by atoms with Crippen LogP contribution in [-0.4, -0.2) is 27.9 Å². The summed E-state index contributed by atoms with van der Waals surface area (Å²) in [4.78, 5) is 16.2. The largest absolute Gasteiger partial charge is 0.495 e. The molecule has 0 saturated heterocycles. The second-order valence-electron chi connectivity index (χ2n) is 4.78. The zero-order valence-electron chi connectivity index (χ0n) is 13.6. The van der Waals surface area contributed by atoms with Crippen molar-refractivity contribution in [3.05, 3.63) is 61.5 Å². The Hall–Kier alpha value is -3.35. The van der Waals surface area contributed by atoms with Crippen LogP contribution in [0.5, 0.6) is 5.75 Å². The molecule has 0 spiro atoms. The lowest BCUT2D eigenvalue weighted by molar-refractivity contribution is 0.262. The zero-order valence-corrected chi connectivity index (χ0v) is 13.6. The Morgan fingerprint density at radius 1 is 1.33 bits per heavy atom. The number of carbonyl (C=O) groups is 1. The lowest BCUT2D eigenvalue weighted by Crippen LogP contribution is -2.22. The Balaban J connectivity index is 2.15. The highest BCUT2D eigenvalue weighted by Gasteiger charge is 2.11. The fourth-order valence-electron chi connectivity index (χ4n) is 1.97. The summed E-state index contributed by atoms with van der Waals surface area (Å²) < 4.78 is 6.60. The van der Waals surface area contributed by atoms with Crippen molar-refractivity contribution in [3.8, 4) is 5.75 Å². The lowest BCUT2D eigenvalue weighted by Gasteiger charge is -2.10. The molecule has 2 aromatic rings. The van der Waals surface area contributed by atoms with E-state index in [0.29, 0.717) is 23.1 Å². The predicted molar refractivity (Wildman–Crippen MR) is 95.1 cm³/mol. The van der Waals surface area contributed by atoms with Gasteiger partial charge in [0.2, 0.25) is 0 Å². The molecule has 2 rings (SSSR count). The molecule has 0 fully saturated rings. The van der Waals surface area contributed by atoms with Crippen LogP contribution in [0.25, 0.3) is 5.70 Å². The molecule has 7 heteroatoms. The molecule has 7 nitrogen and oxygen atoms in total. The minimum atomic E-state index is -0.434. The Kier molecular flexibility index (Phi) is 5.51. The van der Waals surface area contributed by atoms with Gasteiger partial charge >= 0.3 is 6.03 Å². The first-order chi connectivity index (χ1) is 11.6. The summed E-state index contributed by atoms with van der Waals surface area (Å²) in [6.07, 6.45) is 6.52. The van der Waals surface area contributed by atoms with Gasteiger partial charge in [0.1, 0.15) is 17.4 Å². The van der Waals surface area contributed by atoms with Gasteiger partial charge in [-0.2, -0.15) is 5.10 Å². The van der Waals surface area contributed by atoms with Gasteiger partial charge in [0.25, 0.3) is 0 Å². The van der Waals surface area contributed by atoms with Crippen LogP contribution in [0.2, 0.25) is 0 Å². The van der Waals surface area contributed by atoms with Gasteiger partial charge in [0, 0.05) is 6.07 Å². The van der Waals surface area contributed by atoms with Crippen LogP contribution in [0.3, 0.4) is 0 Å². The average molecular weight is 325 g/mol. The maximum Gasteiger partial charge on any atom is 0.326 e. The molecule has 0 aliphatic carbocycles. The quantitative estimate of drug-likeness (QED) is 0.797. The molecule has 0 aliphatic rings. The summed E-state index contributed by atoms with van der Waals surface area (Å²) in [5.74, 6) is 1.52. The minimum Gasteiger partial charge on any atom is -0.495 e. The van der Waals surface area contributed by atoms with Gasteiger partial charge in [-0.3, -0.25) is 10.6 Å². The second kappa shape index (κ2) is 7.77. The van der Waals surface area contributed by atoms with Crippen molar-refractivity contribution < 1.29 is 9.53 Å². The van der Waals surface area contributed by atoms with Crippen LogP contribution in [0, 0.1) is 6.92 Å². The molecule has 2 heterocycles. The highest BCUT2D eigenvalue weighted by Crippen LogP contribution is 2.17. The molecule has 0 bridgehead atoms. The molecular formula is C17H19N5O2. The number of nitrogens with one attached hydrogen (secondary N) is 2. The summed E-state index contributed by atoms with van der Waals surface area (Å²) in [5.41, 5.74) is 1.45. The van der Waals surface area contributed by atoms with Gasteiger partial charge in [-0.25, -0.2) is 14.5 Å². The number of aryl methyl sites for hydroxylation is 1. The smallest absolute Gasteiger partial charge is 0.326 e. The summed E-state index contributed by atoms with van der Waals surface area (Å²) >= 11 is 0. The standard InChI is InChI=1S/C17H19N5O2/c1-5-7-13(6-2)22-16(10-12(3)21-22)20-17(23)19-15-9-8-14(24-4)11-18-15/h5-11H,1-2H2,3-4H3,(H2,18,19,20,23). The third-order valence-corrected chi connectivity index (χ3v) is 3.03. The molecule has 2 aromatic heterocycles. The number of ether oxygens (including phenoxy) is 1. The number of allylic oxidation sites excluding steroid dienone is 4. The van der Waals surface area contributed by atoms with Gasteiger partial charge in [-0.05, 0) is 31.2 Å². The number of nitrogens with zero attached hydrogens (tertiary/aromatic N) is 3. The summed E-state index contributed by atoms with van der Waals surface area (Å²) in [5, 5.41) is 9.72. The number of anilines is 2. The Morgan fingerprint density at radius 3 is 2.71 bits per heavy atom. The van der Waals surface area contributed by atoms with E-state index in [1.807, 2.05) is 6.92 Å². The average Bonchev–Trinajstić information content (AvgIpc) is 2.93. The highest BCUT2D eigenvalue weighted by molar-refractivity contribution is 5.99. The molecule has 0 saturated carbocycles. The maximum absolute atomic E-state index is 12.2. The third kappa shape index (κ3) is 4.10. The Morgan fingerprint density at radius 2 is 2.12 bits per heavy atom. The van der Waals surface area contributed by atoms with Crippen LogP contribution in [-0.2, 0) is 0 Å². The van der Waals surface area contributed by atoms with Crippen molar-refractivity contribution in [2.45, 2.75) is 6.92 Å². The number of hydrogen-bond donors (Lipinski definition) is 2. The Labute approximate surface area is 140 Å². The van der Waals surface area contributed by atoms with E-state index in [1.54, 1.807) is 48.2 Å². The van der Waals surface area contributed by atoms with E-state index < -0.39 is 6.03 Å². The van der Waals surface area contributed by atoms with Gasteiger partial charge < -0.3 is 4.74 Å². The molecule has 2 amide bonds. The first-order valence-corrected chi connectivity index (χ1v) is 7.17. The predicted octanol–water partition coefficient (Wildman–Crippen LogP) is 3.45. The SMILES string of the molecule is C=CC=C(C=C)n1nc(C)cc1NC(=O)Nc1ccc(OC)cn1. The third-order valence-electron chi connectivity index (χ3n) is 3.03. The molecule has 0 radical (unpaired) electrons. The summed E-state index contributed by atoms with van der Waals surface area (Å²) in [6.45, 7) is 9.23. The molecule has 2 N–H and O–H groups in total. The minimum absolute atomic E-state index is 0.404. The van der Waals surface area contributed by atoms with Crippen molar-refractivity contribution in [2.75, 3.05) is 17.7 Å². The van der Waals surface area contributed by atoms with E-state index in [4.69, 9.17) is 4.74 Å². The van der Waals surface area contributed by atoms with E-state index in [-0.39, 0.29) is 0 Å². The van der Waals surface area contributed by atoms with Crippen LogP contribution in [0.1, 0.15) is 5.69 Å². The van der Waals surface area contributed by atoms with E-state index in [0.717, 1.165) is 5.69 Å². The van der Waals surface area contributed by atoms with E-state index >= 15 is 0 Å². The van der Waals surface area contributed by atoms with Crippen LogP contribution >= 0.6 is 0 Å². The number of carbonyl (C=O) groups excluding carboxylic acids is 1. The first-order valence-electron chi connectivity index (χ1n) is 7.17. The number of amides is 2. The maximum atomic E-state index is 12.2. The Bertz CT molecular complexity index is 775. The monoisotopic (exact) mass is 325 g/mol. The fourth-order valence-corrected chi connectivity index (χ4v) is 1.97. The van der Waals surface area contributed by atoms with E-state index in [1.165, 1.54) is 6.20 Å². The highest BCUT2D eigenvalue weighted by atomic mass is 16.5. The second-order valence-corrected chi connectivity index (χ2v) is 4.78. The molecule has 124 valence electrons. The molecule has 0 unspecified atom stereocenters. The number of pyridine rings is 1. The van der Waals surface area contributed by atoms with Gasteiger partial charge in [0.15, 0.2) is 0 Å². The van der Waals surface area contributed by atoms with Gasteiger partial charge in [-0.15, -0.1) is 0 Å². The number of urea groups is 1. The van der Waals surface area contributed by atoms with E-state index in [9.17, 15) is 4.79 Å². The molecule has 0 atom stereocenters. The topological polar surface area (TPSA) is 81.1 Å². The van der Waals surface area contributed by atoms with E-state index in [2.05, 4.69) is 33.9 Å². The zero-order chi connectivity index (χ0) is 17.5. The number of aromatic nitrogens is 3. The van der Waals surface area contributed by atoms with Gasteiger partial charge in [-0.1, -0.05) is 19.2 Å². The molecule has 0 aromatic carbocycles. The van der Waals surface area contributed by atoms with Crippen LogP contribution in [0.15, 0.2) is 55.8 Å². The fraction of sp³-hybridized carbons (Fsp3) is 0.118. The van der Waals surface area contributed by atoms with Gasteiger partial charge in [0.05, 0.1) is 24.7 Å². The summed E-state index contributed by atoms with van der Waals surface area (Å²) in [7, 11) is 1.55. The van der Waals surface area contributed by atoms with Crippen LogP contribution < -0.4 is 15.4 Å². The number of methoxy groups -OCH3 is 1. The van der Waals surface area contributed by atoms with Crippen molar-refractivity contribution in [1.29, 1.82) is 0 Å². The van der Waals surface area contributed by atoms with Crippen LogP contribution in [0.4, 0.5) is 16.4 Å². The number of hydrogen-bond acceptors (Lipinski definition) is 4. The molecular weight excluding hydrogens is 306 g/mol. The molecule has 0 aliphatic heterocycles. The van der Waals surface area contributed by atoms with Crippen molar-refractivity contribution in [1.82, 2.24) is 14.8 Å². The molecule has 24 heavy (non-hydrogen) atoms. The summed E-state index contributed by atoms with van der Waals surface area (Å²) in [6, 6.07) is 4.67. The first kappa shape index (κ1) is 17.0. The normalized spacial score (nSPS) is 10.8. The lowest BCUT2D eigenvalue weighted by atomic mass is 10.4. The van der Waals surface area contributed by atoms with Crippen molar-refractivity contribution >= 4 is 23.4 Å². The van der Waals surface area contributed by atoms with Crippen molar-refractivity contribution in [3.63, 3.8) is 0 Å². The van der Waals surface area contributed by atoms with Crippen molar-refractivity contribution in [2.24, 2.45) is 0 Å².